The number of aliphatic hydroxyl groups is 1. The molecule has 0 atom stereocenters. The van der Waals surface area contributed by atoms with E-state index in [1.54, 1.807) is 0 Å². The van der Waals surface area contributed by atoms with Crippen molar-refractivity contribution in [3.63, 3.8) is 0 Å². The maximum Gasteiger partial charge on any atom is 0.186 e. The van der Waals surface area contributed by atoms with Gasteiger partial charge in [0.25, 0.3) is 0 Å². The van der Waals surface area contributed by atoms with Gasteiger partial charge in [-0.05, 0) is 29.4 Å². The van der Waals surface area contributed by atoms with Gasteiger partial charge in [0.2, 0.25) is 0 Å². The fraction of sp³-hybridized carbons (Fsp3) is 0. The average Bonchev–Trinajstić information content (AvgIpc) is 2.64. The summed E-state index contributed by atoms with van der Waals surface area (Å²) in [5, 5.41) is 9.74. The molecule has 2 nitrogen and oxygen atoms in total. The molecule has 0 radical (unpaired) electrons. The van der Waals surface area contributed by atoms with Crippen LogP contribution in [0.25, 0.3) is 11.6 Å². The molecule has 0 bridgehead atoms. The monoisotopic (exact) mass is 196 g/mol. The summed E-state index contributed by atoms with van der Waals surface area (Å²) in [7, 11) is 0. The highest BCUT2D eigenvalue weighted by Gasteiger charge is 2.27. The van der Waals surface area contributed by atoms with Gasteiger partial charge in [0.05, 0.1) is 0 Å². The quantitative estimate of drug-likeness (QED) is 0.692. The number of ketones is 1. The Hall–Kier alpha value is -2.09. The van der Waals surface area contributed by atoms with Crippen LogP contribution in [-0.4, -0.2) is 10.9 Å². The van der Waals surface area contributed by atoms with Gasteiger partial charge in [0.15, 0.2) is 5.78 Å². The van der Waals surface area contributed by atoms with Crippen molar-refractivity contribution in [3.8, 4) is 0 Å². The second-order valence-electron chi connectivity index (χ2n) is 3.60. The number of aliphatic hydroxyl groups excluding tert-OH is 1. The molecule has 15 heavy (non-hydrogen) atoms. The molecule has 1 aromatic rings. The molecule has 0 aromatic heterocycles. The van der Waals surface area contributed by atoms with Gasteiger partial charge in [-0.15, -0.1) is 0 Å². The number of rotatable bonds is 0. The molecule has 2 heteroatoms. The van der Waals surface area contributed by atoms with Crippen LogP contribution in [0.2, 0.25) is 0 Å². The molecule has 1 aromatic carbocycles. The molecule has 3 rings (SSSR count). The molecular weight excluding hydrogens is 188 g/mol. The molecule has 0 saturated heterocycles. The molecule has 0 fully saturated rings. The highest BCUT2D eigenvalue weighted by Crippen LogP contribution is 2.39. The Morgan fingerprint density at radius 2 is 1.87 bits per heavy atom. The smallest absolute Gasteiger partial charge is 0.186 e. The van der Waals surface area contributed by atoms with Crippen molar-refractivity contribution in [2.75, 3.05) is 0 Å². The lowest BCUT2D eigenvalue weighted by atomic mass is 9.95. The van der Waals surface area contributed by atoms with Crippen LogP contribution in [0.15, 0.2) is 47.7 Å². The van der Waals surface area contributed by atoms with E-state index in [0.717, 1.165) is 11.1 Å². The molecule has 0 unspecified atom stereocenters. The number of carbonyl (C=O) groups is 1. The molecule has 0 spiro atoms. The maximum absolute atomic E-state index is 11.6. The van der Waals surface area contributed by atoms with E-state index in [1.165, 1.54) is 12.2 Å². The third kappa shape index (κ3) is 1.02. The lowest BCUT2D eigenvalue weighted by Gasteiger charge is -2.10. The fourth-order valence-corrected chi connectivity index (χ4v) is 2.02. The minimum Gasteiger partial charge on any atom is -0.507 e. The van der Waals surface area contributed by atoms with Crippen molar-refractivity contribution in [3.05, 3.63) is 58.9 Å². The normalized spacial score (nSPS) is 17.6. The van der Waals surface area contributed by atoms with E-state index in [0.29, 0.717) is 11.1 Å². The van der Waals surface area contributed by atoms with Gasteiger partial charge < -0.3 is 5.11 Å². The predicted octanol–water partition coefficient (Wildman–Crippen LogP) is 2.49. The number of carbonyl (C=O) groups excluding carboxylic acids is 1. The van der Waals surface area contributed by atoms with Gasteiger partial charge in [-0.25, -0.2) is 0 Å². The maximum atomic E-state index is 11.6. The first-order chi connectivity index (χ1) is 7.27. The molecule has 72 valence electrons. The van der Waals surface area contributed by atoms with E-state index in [1.807, 2.05) is 30.3 Å². The lowest BCUT2D eigenvalue weighted by Crippen LogP contribution is -2.04. The minimum absolute atomic E-state index is 0.0426. The highest BCUT2D eigenvalue weighted by atomic mass is 16.3. The van der Waals surface area contributed by atoms with Gasteiger partial charge in [0.1, 0.15) is 5.76 Å². The van der Waals surface area contributed by atoms with Crippen molar-refractivity contribution in [1.82, 2.24) is 0 Å². The summed E-state index contributed by atoms with van der Waals surface area (Å²) in [5.74, 6) is 0.129. The van der Waals surface area contributed by atoms with E-state index in [4.69, 9.17) is 0 Å². The summed E-state index contributed by atoms with van der Waals surface area (Å²) < 4.78 is 0. The van der Waals surface area contributed by atoms with E-state index in [2.05, 4.69) is 0 Å². The molecule has 0 aliphatic heterocycles. The first-order valence-electron chi connectivity index (χ1n) is 4.74. The number of hydrogen-bond acceptors (Lipinski definition) is 2. The molecule has 1 N–H and O–H groups in total. The third-order valence-electron chi connectivity index (χ3n) is 2.71. The Balaban J connectivity index is 2.34. The van der Waals surface area contributed by atoms with Gasteiger partial charge in [-0.1, -0.05) is 24.3 Å². The fourth-order valence-electron chi connectivity index (χ4n) is 2.02. The van der Waals surface area contributed by atoms with Crippen LogP contribution >= 0.6 is 0 Å². The summed E-state index contributed by atoms with van der Waals surface area (Å²) in [5.41, 5.74) is 3.18. The SMILES string of the molecule is O=C1C=CC(O)=C2C1=Cc1ccccc12. The summed E-state index contributed by atoms with van der Waals surface area (Å²) in [6, 6.07) is 7.67. The molecule has 2 aliphatic rings. The minimum atomic E-state index is -0.0426. The zero-order valence-electron chi connectivity index (χ0n) is 7.90. The van der Waals surface area contributed by atoms with Crippen molar-refractivity contribution in [2.45, 2.75) is 0 Å². The first-order valence-corrected chi connectivity index (χ1v) is 4.74. The number of hydrogen-bond donors (Lipinski definition) is 1. The zero-order valence-corrected chi connectivity index (χ0v) is 7.90. The van der Waals surface area contributed by atoms with Crippen LogP contribution in [-0.2, 0) is 4.79 Å². The van der Waals surface area contributed by atoms with Crippen LogP contribution in [0.5, 0.6) is 0 Å². The largest absolute Gasteiger partial charge is 0.507 e. The van der Waals surface area contributed by atoms with Gasteiger partial charge in [0, 0.05) is 11.1 Å². The van der Waals surface area contributed by atoms with Crippen molar-refractivity contribution in [1.29, 1.82) is 0 Å². The summed E-state index contributed by atoms with van der Waals surface area (Å²) in [6.45, 7) is 0. The molecule has 2 aliphatic carbocycles. The Kier molecular flexibility index (Phi) is 1.48. The predicted molar refractivity (Wildman–Crippen MR) is 58.1 cm³/mol. The van der Waals surface area contributed by atoms with E-state index < -0.39 is 0 Å². The Labute approximate surface area is 86.9 Å². The van der Waals surface area contributed by atoms with E-state index in [9.17, 15) is 9.90 Å². The van der Waals surface area contributed by atoms with Gasteiger partial charge in [-0.2, -0.15) is 0 Å². The van der Waals surface area contributed by atoms with Crippen LogP contribution in [0, 0.1) is 0 Å². The van der Waals surface area contributed by atoms with Crippen LogP contribution < -0.4 is 0 Å². The molecule has 0 heterocycles. The topological polar surface area (TPSA) is 37.3 Å². The third-order valence-corrected chi connectivity index (χ3v) is 2.71. The second-order valence-corrected chi connectivity index (χ2v) is 3.60. The average molecular weight is 196 g/mol. The van der Waals surface area contributed by atoms with Crippen molar-refractivity contribution < 1.29 is 9.90 Å². The molecule has 0 saturated carbocycles. The second kappa shape index (κ2) is 2.70. The van der Waals surface area contributed by atoms with Gasteiger partial charge >= 0.3 is 0 Å². The van der Waals surface area contributed by atoms with Crippen molar-refractivity contribution >= 4 is 17.4 Å². The summed E-state index contributed by atoms with van der Waals surface area (Å²) >= 11 is 0. The Morgan fingerprint density at radius 1 is 1.07 bits per heavy atom. The Bertz CT molecular complexity index is 560. The molecular formula is C13H8O2. The number of fused-ring (bicyclic) bond motifs is 3. The van der Waals surface area contributed by atoms with Crippen LogP contribution in [0.4, 0.5) is 0 Å². The summed E-state index contributed by atoms with van der Waals surface area (Å²) in [6.07, 6.45) is 4.68. The number of allylic oxidation sites excluding steroid dienone is 4. The van der Waals surface area contributed by atoms with E-state index in [-0.39, 0.29) is 11.5 Å². The van der Waals surface area contributed by atoms with Crippen LogP contribution in [0.1, 0.15) is 11.1 Å². The lowest BCUT2D eigenvalue weighted by molar-refractivity contribution is -0.111. The Morgan fingerprint density at radius 3 is 2.73 bits per heavy atom. The number of benzene rings is 1. The molecule has 0 amide bonds. The first kappa shape index (κ1) is 8.24. The zero-order chi connectivity index (χ0) is 10.4. The highest BCUT2D eigenvalue weighted by molar-refractivity contribution is 6.24. The standard InChI is InChI=1S/C13H8O2/c14-11-5-6-12(15)13-9-4-2-1-3-8(9)7-10(11)13/h1-7,15H. The van der Waals surface area contributed by atoms with E-state index >= 15 is 0 Å². The van der Waals surface area contributed by atoms with Crippen molar-refractivity contribution in [2.24, 2.45) is 0 Å². The van der Waals surface area contributed by atoms with Crippen LogP contribution in [0.3, 0.4) is 0 Å². The van der Waals surface area contributed by atoms with Gasteiger partial charge in [-0.3, -0.25) is 4.79 Å². The summed E-state index contributed by atoms with van der Waals surface area (Å²) in [4.78, 5) is 11.6.